The maximum atomic E-state index is 9.73. The van der Waals surface area contributed by atoms with Crippen LogP contribution in [0.2, 0.25) is 5.02 Å². The monoisotopic (exact) mass is 254 g/mol. The van der Waals surface area contributed by atoms with Gasteiger partial charge in [-0.15, -0.1) is 0 Å². The van der Waals surface area contributed by atoms with Crippen LogP contribution < -0.4 is 0 Å². The number of hydrogen-bond acceptors (Lipinski definition) is 3. The van der Waals surface area contributed by atoms with E-state index in [1.807, 2.05) is 22.8 Å². The molecule has 0 aliphatic heterocycles. The molecule has 1 N–H and O–H groups in total. The zero-order valence-corrected chi connectivity index (χ0v) is 10.6. The van der Waals surface area contributed by atoms with Crippen molar-refractivity contribution in [1.29, 1.82) is 0 Å². The molecule has 0 saturated heterocycles. The molecule has 0 unspecified atom stereocenters. The van der Waals surface area contributed by atoms with E-state index in [0.717, 1.165) is 11.0 Å². The van der Waals surface area contributed by atoms with Crippen molar-refractivity contribution in [3.05, 3.63) is 29.0 Å². The van der Waals surface area contributed by atoms with E-state index in [0.29, 0.717) is 24.0 Å². The molecule has 5 heteroatoms. The maximum absolute atomic E-state index is 9.73. The number of aliphatic hydroxyl groups excluding tert-OH is 1. The Morgan fingerprint density at radius 1 is 1.53 bits per heavy atom. The lowest BCUT2D eigenvalue weighted by molar-refractivity contribution is 0.167. The van der Waals surface area contributed by atoms with Crippen molar-refractivity contribution in [3.63, 3.8) is 0 Å². The minimum atomic E-state index is -0.629. The number of hydrogen-bond donors (Lipinski definition) is 1. The van der Waals surface area contributed by atoms with Gasteiger partial charge in [-0.3, -0.25) is 0 Å². The van der Waals surface area contributed by atoms with Gasteiger partial charge in [-0.2, -0.15) is 0 Å². The molecule has 4 nitrogen and oxygen atoms in total. The quantitative estimate of drug-likeness (QED) is 0.911. The van der Waals surface area contributed by atoms with Gasteiger partial charge in [0.1, 0.15) is 11.9 Å². The van der Waals surface area contributed by atoms with Gasteiger partial charge >= 0.3 is 0 Å². The molecule has 0 spiro atoms. The Hall–Kier alpha value is -1.10. The number of methoxy groups -OCH3 is 1. The maximum Gasteiger partial charge on any atom is 0.138 e. The molecule has 1 aromatic heterocycles. The Morgan fingerprint density at radius 3 is 2.94 bits per heavy atom. The predicted molar refractivity (Wildman–Crippen MR) is 67.3 cm³/mol. The number of imidazole rings is 1. The van der Waals surface area contributed by atoms with Crippen molar-refractivity contribution >= 4 is 22.6 Å². The first-order valence-electron chi connectivity index (χ1n) is 5.46. The second-order valence-electron chi connectivity index (χ2n) is 3.90. The van der Waals surface area contributed by atoms with E-state index in [1.165, 1.54) is 0 Å². The molecule has 0 fully saturated rings. The van der Waals surface area contributed by atoms with E-state index in [4.69, 9.17) is 16.3 Å². The smallest absolute Gasteiger partial charge is 0.138 e. The van der Waals surface area contributed by atoms with E-state index < -0.39 is 6.10 Å². The van der Waals surface area contributed by atoms with E-state index in [-0.39, 0.29) is 0 Å². The number of aromatic nitrogens is 2. The zero-order chi connectivity index (χ0) is 12.4. The average molecular weight is 255 g/mol. The Balaban J connectivity index is 2.60. The van der Waals surface area contributed by atoms with Gasteiger partial charge in [0, 0.05) is 13.7 Å². The summed E-state index contributed by atoms with van der Waals surface area (Å²) in [6.45, 7) is 2.87. The number of halogens is 1. The molecule has 0 bridgehead atoms. The largest absolute Gasteiger partial charge is 0.385 e. The van der Waals surface area contributed by atoms with Crippen LogP contribution in [0.5, 0.6) is 0 Å². The summed E-state index contributed by atoms with van der Waals surface area (Å²) in [5, 5.41) is 10.4. The highest BCUT2D eigenvalue weighted by Gasteiger charge is 2.16. The van der Waals surface area contributed by atoms with Gasteiger partial charge in [0.05, 0.1) is 22.7 Å². The second kappa shape index (κ2) is 5.04. The van der Waals surface area contributed by atoms with Crippen LogP contribution in [-0.2, 0) is 11.3 Å². The topological polar surface area (TPSA) is 47.3 Å². The predicted octanol–water partition coefficient (Wildman–Crippen LogP) is 2.39. The lowest BCUT2D eigenvalue weighted by Crippen LogP contribution is -2.10. The van der Waals surface area contributed by atoms with Crippen molar-refractivity contribution in [2.45, 2.75) is 19.6 Å². The Labute approximate surface area is 105 Å². The van der Waals surface area contributed by atoms with E-state index in [9.17, 15) is 5.11 Å². The van der Waals surface area contributed by atoms with Gasteiger partial charge < -0.3 is 14.4 Å². The van der Waals surface area contributed by atoms with E-state index in [1.54, 1.807) is 14.0 Å². The number of ether oxygens (including phenoxy) is 1. The Morgan fingerprint density at radius 2 is 2.29 bits per heavy atom. The molecule has 0 radical (unpaired) electrons. The number of para-hydroxylation sites is 1. The van der Waals surface area contributed by atoms with Crippen LogP contribution in [0.3, 0.4) is 0 Å². The third-order valence-electron chi connectivity index (χ3n) is 2.64. The molecule has 1 heterocycles. The van der Waals surface area contributed by atoms with E-state index in [2.05, 4.69) is 4.98 Å². The summed E-state index contributed by atoms with van der Waals surface area (Å²) in [4.78, 5) is 4.40. The Kier molecular flexibility index (Phi) is 3.66. The molecule has 17 heavy (non-hydrogen) atoms. The normalized spacial score (nSPS) is 13.2. The summed E-state index contributed by atoms with van der Waals surface area (Å²) in [6, 6.07) is 5.56. The molecule has 2 rings (SSSR count). The fraction of sp³-hybridized carbons (Fsp3) is 0.417. The molecule has 0 aliphatic carbocycles. The first kappa shape index (κ1) is 12.4. The van der Waals surface area contributed by atoms with Gasteiger partial charge in [0.2, 0.25) is 0 Å². The second-order valence-corrected chi connectivity index (χ2v) is 4.31. The molecule has 1 aromatic carbocycles. The third kappa shape index (κ3) is 2.29. The van der Waals surface area contributed by atoms with Crippen LogP contribution in [0.15, 0.2) is 18.2 Å². The van der Waals surface area contributed by atoms with Gasteiger partial charge in [-0.05, 0) is 19.1 Å². The fourth-order valence-electron chi connectivity index (χ4n) is 1.89. The molecule has 0 saturated carbocycles. The first-order valence-corrected chi connectivity index (χ1v) is 5.84. The summed E-state index contributed by atoms with van der Waals surface area (Å²) in [5.41, 5.74) is 1.65. The number of fused-ring (bicyclic) bond motifs is 1. The average Bonchev–Trinajstić information content (AvgIpc) is 2.66. The van der Waals surface area contributed by atoms with Crippen molar-refractivity contribution in [1.82, 2.24) is 9.55 Å². The van der Waals surface area contributed by atoms with Crippen molar-refractivity contribution in [2.24, 2.45) is 0 Å². The van der Waals surface area contributed by atoms with Crippen LogP contribution >= 0.6 is 11.6 Å². The minimum Gasteiger partial charge on any atom is -0.385 e. The Bertz CT molecular complexity index is 522. The molecule has 0 amide bonds. The first-order chi connectivity index (χ1) is 8.15. The number of aliphatic hydroxyl groups is 1. The van der Waals surface area contributed by atoms with Gasteiger partial charge in [0.15, 0.2) is 0 Å². The number of nitrogens with zero attached hydrogens (tertiary/aromatic N) is 2. The summed E-state index contributed by atoms with van der Waals surface area (Å²) >= 11 is 6.18. The van der Waals surface area contributed by atoms with Crippen molar-refractivity contribution < 1.29 is 9.84 Å². The summed E-state index contributed by atoms with van der Waals surface area (Å²) in [6.07, 6.45) is -0.629. The van der Waals surface area contributed by atoms with Crippen LogP contribution in [-0.4, -0.2) is 28.4 Å². The molecule has 1 atom stereocenters. The number of benzene rings is 1. The summed E-state index contributed by atoms with van der Waals surface area (Å²) in [5.74, 6) is 0.616. The van der Waals surface area contributed by atoms with Gasteiger partial charge in [-0.1, -0.05) is 17.7 Å². The zero-order valence-electron chi connectivity index (χ0n) is 9.85. The molecule has 2 aromatic rings. The standard InChI is InChI=1S/C12H15ClN2O2/c1-8(16)12-14-10-5-3-4-9(13)11(10)15(12)6-7-17-2/h3-5,8,16H,6-7H2,1-2H3/t8-/m0/s1. The SMILES string of the molecule is COCCn1c([C@H](C)O)nc2cccc(Cl)c21. The highest BCUT2D eigenvalue weighted by atomic mass is 35.5. The van der Waals surface area contributed by atoms with Crippen LogP contribution in [0.4, 0.5) is 0 Å². The highest BCUT2D eigenvalue weighted by Crippen LogP contribution is 2.26. The minimum absolute atomic E-state index is 0.552. The van der Waals surface area contributed by atoms with Crippen LogP contribution in [0.25, 0.3) is 11.0 Å². The van der Waals surface area contributed by atoms with Crippen LogP contribution in [0.1, 0.15) is 18.9 Å². The van der Waals surface area contributed by atoms with Crippen molar-refractivity contribution in [2.75, 3.05) is 13.7 Å². The molecular formula is C12H15ClN2O2. The van der Waals surface area contributed by atoms with Crippen LogP contribution in [0, 0.1) is 0 Å². The van der Waals surface area contributed by atoms with Gasteiger partial charge in [0.25, 0.3) is 0 Å². The lowest BCUT2D eigenvalue weighted by atomic mass is 10.3. The lowest BCUT2D eigenvalue weighted by Gasteiger charge is -2.10. The molecular weight excluding hydrogens is 240 g/mol. The van der Waals surface area contributed by atoms with E-state index >= 15 is 0 Å². The third-order valence-corrected chi connectivity index (χ3v) is 2.94. The highest BCUT2D eigenvalue weighted by molar-refractivity contribution is 6.35. The van der Waals surface area contributed by atoms with Gasteiger partial charge in [-0.25, -0.2) is 4.98 Å². The summed E-state index contributed by atoms with van der Waals surface area (Å²) < 4.78 is 6.97. The number of rotatable bonds is 4. The van der Waals surface area contributed by atoms with Crippen molar-refractivity contribution in [3.8, 4) is 0 Å². The fourth-order valence-corrected chi connectivity index (χ4v) is 2.16. The molecule has 0 aliphatic rings. The molecule has 92 valence electrons. The summed E-state index contributed by atoms with van der Waals surface area (Å²) in [7, 11) is 1.64.